The van der Waals surface area contributed by atoms with E-state index in [1.165, 1.54) is 5.56 Å². The molecule has 0 radical (unpaired) electrons. The highest BCUT2D eigenvalue weighted by molar-refractivity contribution is 5.81. The van der Waals surface area contributed by atoms with Gasteiger partial charge < -0.3 is 10.6 Å². The largest absolute Gasteiger partial charge is 0.354 e. The number of rotatable bonds is 8. The van der Waals surface area contributed by atoms with Gasteiger partial charge in [0.05, 0.1) is 12.6 Å². The molecule has 1 aliphatic heterocycles. The van der Waals surface area contributed by atoms with Gasteiger partial charge in [0.15, 0.2) is 0 Å². The molecule has 1 aromatic rings. The average molecular weight is 373 g/mol. The van der Waals surface area contributed by atoms with Gasteiger partial charge in [0.2, 0.25) is 11.8 Å². The van der Waals surface area contributed by atoms with Crippen LogP contribution in [-0.4, -0.2) is 73.0 Å². The minimum atomic E-state index is -0.143. The second-order valence-electron chi connectivity index (χ2n) is 7.89. The fourth-order valence-corrected chi connectivity index (χ4v) is 3.48. The molecule has 6 heteroatoms. The molecule has 1 saturated carbocycles. The number of piperazine rings is 1. The van der Waals surface area contributed by atoms with Gasteiger partial charge >= 0.3 is 0 Å². The molecular formula is C21H32N4O2. The molecule has 1 heterocycles. The van der Waals surface area contributed by atoms with Crippen LogP contribution in [0.3, 0.4) is 0 Å². The minimum Gasteiger partial charge on any atom is -0.354 e. The lowest BCUT2D eigenvalue weighted by molar-refractivity contribution is -0.128. The van der Waals surface area contributed by atoms with Crippen LogP contribution in [0.5, 0.6) is 0 Å². The van der Waals surface area contributed by atoms with Crippen LogP contribution in [-0.2, 0) is 9.59 Å². The van der Waals surface area contributed by atoms with Gasteiger partial charge in [0, 0.05) is 38.8 Å². The molecule has 0 unspecified atom stereocenters. The van der Waals surface area contributed by atoms with Crippen molar-refractivity contribution in [2.75, 3.05) is 39.3 Å². The molecule has 6 nitrogen and oxygen atoms in total. The van der Waals surface area contributed by atoms with E-state index in [0.717, 1.165) is 39.0 Å². The third-order valence-electron chi connectivity index (χ3n) is 5.59. The number of nitrogens with one attached hydrogen (secondary N) is 2. The molecule has 0 bridgehead atoms. The zero-order chi connectivity index (χ0) is 19.2. The Morgan fingerprint density at radius 3 is 2.37 bits per heavy atom. The molecule has 1 aliphatic carbocycles. The average Bonchev–Trinajstić information content (AvgIpc) is 3.50. The lowest BCUT2D eigenvalue weighted by Crippen LogP contribution is -2.55. The third kappa shape index (κ3) is 6.04. The number of carbonyl (C=O) groups excluding carboxylic acids is 2. The summed E-state index contributed by atoms with van der Waals surface area (Å²) in [4.78, 5) is 28.8. The summed E-state index contributed by atoms with van der Waals surface area (Å²) in [5, 5.41) is 6.13. The van der Waals surface area contributed by atoms with Crippen LogP contribution in [0.2, 0.25) is 0 Å². The Balaban J connectivity index is 1.37. The van der Waals surface area contributed by atoms with Crippen LogP contribution in [0, 0.1) is 0 Å². The number of hydrogen-bond donors (Lipinski definition) is 2. The summed E-state index contributed by atoms with van der Waals surface area (Å²) in [5.74, 6) is 0.508. The van der Waals surface area contributed by atoms with E-state index >= 15 is 0 Å². The summed E-state index contributed by atoms with van der Waals surface area (Å²) >= 11 is 0. The van der Waals surface area contributed by atoms with Crippen molar-refractivity contribution in [1.82, 2.24) is 20.4 Å². The number of carbonyl (C=O) groups is 2. The first kappa shape index (κ1) is 19.8. The van der Waals surface area contributed by atoms with Gasteiger partial charge in [-0.05, 0) is 31.2 Å². The molecule has 148 valence electrons. The summed E-state index contributed by atoms with van der Waals surface area (Å²) in [5.41, 5.74) is 1.24. The third-order valence-corrected chi connectivity index (χ3v) is 5.59. The van der Waals surface area contributed by atoms with E-state index in [1.807, 2.05) is 25.1 Å². The fourth-order valence-electron chi connectivity index (χ4n) is 3.48. The summed E-state index contributed by atoms with van der Waals surface area (Å²) in [6.45, 7) is 8.52. The molecule has 2 N–H and O–H groups in total. The minimum absolute atomic E-state index is 0.0812. The summed E-state index contributed by atoms with van der Waals surface area (Å²) in [6, 6.07) is 10.5. The normalized spacial score (nSPS) is 20.7. The van der Waals surface area contributed by atoms with Crippen molar-refractivity contribution in [3.63, 3.8) is 0 Å². The molecule has 27 heavy (non-hydrogen) atoms. The lowest BCUT2D eigenvalue weighted by atomic mass is 10.0. The van der Waals surface area contributed by atoms with Gasteiger partial charge in [-0.25, -0.2) is 0 Å². The molecule has 2 aliphatic rings. The number of amides is 2. The Morgan fingerprint density at radius 2 is 1.74 bits per heavy atom. The molecule has 2 fully saturated rings. The van der Waals surface area contributed by atoms with Gasteiger partial charge in [0.25, 0.3) is 0 Å². The van der Waals surface area contributed by atoms with E-state index in [2.05, 4.69) is 39.5 Å². The Bertz CT molecular complexity index is 624. The van der Waals surface area contributed by atoms with Crippen LogP contribution < -0.4 is 10.6 Å². The molecular weight excluding hydrogens is 340 g/mol. The molecule has 3 rings (SSSR count). The number of nitrogens with zero attached hydrogens (tertiary/aromatic N) is 2. The van der Waals surface area contributed by atoms with E-state index in [4.69, 9.17) is 0 Å². The molecule has 0 spiro atoms. The van der Waals surface area contributed by atoms with Crippen molar-refractivity contribution in [2.24, 2.45) is 0 Å². The van der Waals surface area contributed by atoms with Crippen LogP contribution in [0.1, 0.15) is 38.2 Å². The van der Waals surface area contributed by atoms with Crippen molar-refractivity contribution in [3.8, 4) is 0 Å². The molecule has 1 aromatic carbocycles. The van der Waals surface area contributed by atoms with Gasteiger partial charge in [-0.1, -0.05) is 37.3 Å². The molecule has 2 amide bonds. The van der Waals surface area contributed by atoms with Crippen molar-refractivity contribution in [1.29, 1.82) is 0 Å². The van der Waals surface area contributed by atoms with Crippen LogP contribution >= 0.6 is 0 Å². The van der Waals surface area contributed by atoms with Crippen LogP contribution in [0.25, 0.3) is 0 Å². The van der Waals surface area contributed by atoms with Crippen molar-refractivity contribution in [3.05, 3.63) is 35.9 Å². The zero-order valence-corrected chi connectivity index (χ0v) is 16.5. The number of benzene rings is 1. The van der Waals surface area contributed by atoms with Crippen molar-refractivity contribution < 1.29 is 9.59 Å². The monoisotopic (exact) mass is 372 g/mol. The molecule has 2 atom stereocenters. The lowest BCUT2D eigenvalue weighted by Gasteiger charge is -2.37. The Morgan fingerprint density at radius 1 is 1.07 bits per heavy atom. The smallest absolute Gasteiger partial charge is 0.237 e. The molecule has 0 aromatic heterocycles. The van der Waals surface area contributed by atoms with Crippen LogP contribution in [0.4, 0.5) is 0 Å². The Labute approximate surface area is 162 Å². The maximum atomic E-state index is 12.5. The standard InChI is InChI=1S/C21H32N4O2/c1-16(18-6-4-3-5-7-18)14-22-21(27)17(2)25-12-10-24(11-13-25)15-20(26)23-19-8-9-19/h3-7,16-17,19H,8-15H2,1-2H3,(H,22,27)(H,23,26)/t16-,17-/m1/s1. The Hall–Kier alpha value is -1.92. The zero-order valence-electron chi connectivity index (χ0n) is 16.5. The first-order chi connectivity index (χ1) is 13.0. The van der Waals surface area contributed by atoms with E-state index in [0.29, 0.717) is 25.0 Å². The SMILES string of the molecule is C[C@H](CNC(=O)[C@@H](C)N1CCN(CC(=O)NC2CC2)CC1)c1ccccc1. The molecule has 1 saturated heterocycles. The van der Waals surface area contributed by atoms with E-state index in [-0.39, 0.29) is 17.9 Å². The highest BCUT2D eigenvalue weighted by Crippen LogP contribution is 2.18. The van der Waals surface area contributed by atoms with Gasteiger partial charge in [-0.3, -0.25) is 19.4 Å². The fraction of sp³-hybridized carbons (Fsp3) is 0.619. The van der Waals surface area contributed by atoms with E-state index in [1.54, 1.807) is 0 Å². The first-order valence-electron chi connectivity index (χ1n) is 10.1. The van der Waals surface area contributed by atoms with E-state index < -0.39 is 0 Å². The maximum Gasteiger partial charge on any atom is 0.237 e. The highest BCUT2D eigenvalue weighted by Gasteiger charge is 2.28. The summed E-state index contributed by atoms with van der Waals surface area (Å²) < 4.78 is 0. The number of hydrogen-bond acceptors (Lipinski definition) is 4. The van der Waals surface area contributed by atoms with Gasteiger partial charge in [0.1, 0.15) is 0 Å². The van der Waals surface area contributed by atoms with Crippen LogP contribution in [0.15, 0.2) is 30.3 Å². The van der Waals surface area contributed by atoms with E-state index in [9.17, 15) is 9.59 Å². The first-order valence-corrected chi connectivity index (χ1v) is 10.1. The Kier molecular flexibility index (Phi) is 6.85. The second kappa shape index (κ2) is 9.33. The van der Waals surface area contributed by atoms with Crippen molar-refractivity contribution >= 4 is 11.8 Å². The predicted octanol–water partition coefficient (Wildman–Crippen LogP) is 1.19. The van der Waals surface area contributed by atoms with Crippen molar-refractivity contribution in [2.45, 2.75) is 44.7 Å². The predicted molar refractivity (Wildman–Crippen MR) is 107 cm³/mol. The second-order valence-corrected chi connectivity index (χ2v) is 7.89. The topological polar surface area (TPSA) is 64.7 Å². The van der Waals surface area contributed by atoms with Gasteiger partial charge in [-0.15, -0.1) is 0 Å². The highest BCUT2D eigenvalue weighted by atomic mass is 16.2. The summed E-state index contributed by atoms with van der Waals surface area (Å²) in [7, 11) is 0. The van der Waals surface area contributed by atoms with Gasteiger partial charge in [-0.2, -0.15) is 0 Å². The summed E-state index contributed by atoms with van der Waals surface area (Å²) in [6.07, 6.45) is 2.24. The maximum absolute atomic E-state index is 12.5. The quantitative estimate of drug-likeness (QED) is 0.720.